The molecule has 1 aliphatic heterocycles. The first-order chi connectivity index (χ1) is 10.6. The van der Waals surface area contributed by atoms with Crippen molar-refractivity contribution in [1.82, 2.24) is 30.1 Å². The number of rotatable bonds is 5. The fraction of sp³-hybridized carbons (Fsp3) is 0.462. The molecular formula is C13H16N6O2S. The smallest absolute Gasteiger partial charge is 0.270 e. The summed E-state index contributed by atoms with van der Waals surface area (Å²) in [6, 6.07) is 1.62. The van der Waals surface area contributed by atoms with Gasteiger partial charge < -0.3 is 9.88 Å². The van der Waals surface area contributed by atoms with E-state index in [1.54, 1.807) is 24.2 Å². The van der Waals surface area contributed by atoms with Gasteiger partial charge in [0.2, 0.25) is 5.16 Å². The number of aromatic nitrogens is 5. The highest BCUT2D eigenvalue weighted by Gasteiger charge is 2.21. The number of nitrogens with one attached hydrogen (secondary N) is 1. The van der Waals surface area contributed by atoms with Crippen LogP contribution in [0, 0.1) is 0 Å². The Morgan fingerprint density at radius 2 is 2.14 bits per heavy atom. The van der Waals surface area contributed by atoms with Crippen LogP contribution in [0.1, 0.15) is 33.7 Å². The van der Waals surface area contributed by atoms with Gasteiger partial charge in [-0.25, -0.2) is 4.68 Å². The molecule has 1 amide bonds. The van der Waals surface area contributed by atoms with Crippen LogP contribution in [0.2, 0.25) is 0 Å². The number of hydrogen-bond donors (Lipinski definition) is 1. The number of tetrazole rings is 1. The quantitative estimate of drug-likeness (QED) is 0.645. The van der Waals surface area contributed by atoms with Crippen molar-refractivity contribution in [1.29, 1.82) is 0 Å². The Labute approximate surface area is 131 Å². The number of carbonyl (C=O) groups is 2. The van der Waals surface area contributed by atoms with Crippen molar-refractivity contribution in [3.05, 3.63) is 23.5 Å². The monoisotopic (exact) mass is 320 g/mol. The van der Waals surface area contributed by atoms with Crippen molar-refractivity contribution in [3.8, 4) is 0 Å². The molecule has 1 N–H and O–H groups in total. The summed E-state index contributed by atoms with van der Waals surface area (Å²) in [5.41, 5.74) is 0.973. The number of hydrogen-bond acceptors (Lipinski definition) is 6. The second-order valence-corrected chi connectivity index (χ2v) is 6.04. The second kappa shape index (κ2) is 6.30. The van der Waals surface area contributed by atoms with Gasteiger partial charge in [0.1, 0.15) is 5.69 Å². The Morgan fingerprint density at radius 1 is 1.36 bits per heavy atom. The van der Waals surface area contributed by atoms with Crippen LogP contribution in [0.15, 0.2) is 17.4 Å². The summed E-state index contributed by atoms with van der Waals surface area (Å²) in [7, 11) is 1.72. The number of aryl methyl sites for hydroxylation is 1. The third-order valence-corrected chi connectivity index (χ3v) is 4.55. The molecule has 0 aromatic carbocycles. The molecule has 2 aromatic rings. The molecule has 0 radical (unpaired) electrons. The molecule has 8 nitrogen and oxygen atoms in total. The van der Waals surface area contributed by atoms with E-state index in [1.165, 1.54) is 16.4 Å². The van der Waals surface area contributed by atoms with Crippen molar-refractivity contribution in [3.63, 3.8) is 0 Å². The Morgan fingerprint density at radius 3 is 2.82 bits per heavy atom. The Balaban J connectivity index is 1.61. The largest absolute Gasteiger partial charge is 0.356 e. The summed E-state index contributed by atoms with van der Waals surface area (Å²) in [5.74, 6) is 0.120. The zero-order valence-corrected chi connectivity index (χ0v) is 13.0. The first kappa shape index (κ1) is 14.8. The average Bonchev–Trinajstić information content (AvgIpc) is 3.25. The number of nitrogens with zero attached hydrogens (tertiary/aromatic N) is 5. The number of Topliss-reactive ketones (excluding diaryl/α,β-unsaturated/α-hetero) is 1. The number of thioether (sulfide) groups is 1. The molecule has 116 valence electrons. The molecule has 3 rings (SSSR count). The summed E-state index contributed by atoms with van der Waals surface area (Å²) < 4.78 is 1.51. The maximum Gasteiger partial charge on any atom is 0.270 e. The van der Waals surface area contributed by atoms with Crippen LogP contribution < -0.4 is 0 Å². The van der Waals surface area contributed by atoms with Gasteiger partial charge in [-0.15, -0.1) is 5.10 Å². The molecule has 0 atom stereocenters. The van der Waals surface area contributed by atoms with Gasteiger partial charge in [0.25, 0.3) is 5.91 Å². The zero-order valence-electron chi connectivity index (χ0n) is 12.2. The van der Waals surface area contributed by atoms with Crippen LogP contribution >= 0.6 is 11.8 Å². The highest BCUT2D eigenvalue weighted by Crippen LogP contribution is 2.17. The van der Waals surface area contributed by atoms with E-state index in [0.717, 1.165) is 25.9 Å². The summed E-state index contributed by atoms with van der Waals surface area (Å²) in [4.78, 5) is 29.1. The van der Waals surface area contributed by atoms with Crippen molar-refractivity contribution >= 4 is 23.5 Å². The molecule has 1 aliphatic rings. The van der Waals surface area contributed by atoms with Crippen LogP contribution in [0.5, 0.6) is 0 Å². The van der Waals surface area contributed by atoms with Gasteiger partial charge in [-0.2, -0.15) is 0 Å². The van der Waals surface area contributed by atoms with Crippen molar-refractivity contribution in [2.75, 3.05) is 18.8 Å². The number of ketones is 1. The topological polar surface area (TPSA) is 96.8 Å². The summed E-state index contributed by atoms with van der Waals surface area (Å²) in [5, 5.41) is 11.6. The number of amides is 1. The van der Waals surface area contributed by atoms with Crippen molar-refractivity contribution in [2.24, 2.45) is 7.05 Å². The zero-order chi connectivity index (χ0) is 15.5. The van der Waals surface area contributed by atoms with Gasteiger partial charge in [0, 0.05) is 31.9 Å². The van der Waals surface area contributed by atoms with Crippen LogP contribution in [0.4, 0.5) is 0 Å². The molecule has 0 bridgehead atoms. The van der Waals surface area contributed by atoms with E-state index in [2.05, 4.69) is 20.5 Å². The highest BCUT2D eigenvalue weighted by atomic mass is 32.2. The van der Waals surface area contributed by atoms with Crippen molar-refractivity contribution in [2.45, 2.75) is 18.0 Å². The predicted molar refractivity (Wildman–Crippen MR) is 79.8 cm³/mol. The van der Waals surface area contributed by atoms with E-state index in [9.17, 15) is 9.59 Å². The molecule has 1 saturated heterocycles. The molecule has 0 spiro atoms. The maximum absolute atomic E-state index is 12.2. The number of carbonyl (C=O) groups excluding carboxylic acids is 2. The Kier molecular flexibility index (Phi) is 4.23. The Bertz CT molecular complexity index is 688. The number of aromatic amines is 1. The van der Waals surface area contributed by atoms with E-state index >= 15 is 0 Å². The predicted octanol–water partition coefficient (Wildman–Crippen LogP) is 0.749. The minimum absolute atomic E-state index is 0.0401. The van der Waals surface area contributed by atoms with E-state index in [-0.39, 0.29) is 17.4 Å². The van der Waals surface area contributed by atoms with Gasteiger partial charge in [-0.1, -0.05) is 11.8 Å². The van der Waals surface area contributed by atoms with Gasteiger partial charge >= 0.3 is 0 Å². The summed E-state index contributed by atoms with van der Waals surface area (Å²) in [6.07, 6.45) is 3.67. The number of likely N-dealkylation sites (tertiary alicyclic amines) is 1. The van der Waals surface area contributed by atoms with Crippen LogP contribution in [0.25, 0.3) is 0 Å². The fourth-order valence-corrected chi connectivity index (χ4v) is 3.07. The third-order valence-electron chi connectivity index (χ3n) is 3.54. The molecule has 2 aromatic heterocycles. The third kappa shape index (κ3) is 3.03. The lowest BCUT2D eigenvalue weighted by Gasteiger charge is -2.13. The SMILES string of the molecule is Cn1nnnc1SCC(=O)c1c[nH]c(C(=O)N2CCCC2)c1. The molecule has 9 heteroatoms. The normalized spacial score (nSPS) is 14.5. The van der Waals surface area contributed by atoms with E-state index in [0.29, 0.717) is 16.4 Å². The molecule has 0 unspecified atom stereocenters. The molecule has 22 heavy (non-hydrogen) atoms. The van der Waals surface area contributed by atoms with Gasteiger partial charge in [0.15, 0.2) is 5.78 Å². The van der Waals surface area contributed by atoms with Crippen LogP contribution in [-0.4, -0.2) is 60.6 Å². The summed E-state index contributed by atoms with van der Waals surface area (Å²) >= 11 is 1.27. The maximum atomic E-state index is 12.2. The van der Waals surface area contributed by atoms with E-state index < -0.39 is 0 Å². The first-order valence-corrected chi connectivity index (χ1v) is 8.00. The lowest BCUT2D eigenvalue weighted by atomic mass is 10.2. The summed E-state index contributed by atoms with van der Waals surface area (Å²) in [6.45, 7) is 1.58. The van der Waals surface area contributed by atoms with E-state index in [1.807, 2.05) is 0 Å². The Hall–Kier alpha value is -2.16. The average molecular weight is 320 g/mol. The minimum Gasteiger partial charge on any atom is -0.356 e. The van der Waals surface area contributed by atoms with Gasteiger partial charge in [-0.05, 0) is 29.3 Å². The lowest BCUT2D eigenvalue weighted by Crippen LogP contribution is -2.27. The lowest BCUT2D eigenvalue weighted by molar-refractivity contribution is 0.0787. The van der Waals surface area contributed by atoms with Gasteiger partial charge in [0.05, 0.1) is 5.75 Å². The van der Waals surface area contributed by atoms with Gasteiger partial charge in [-0.3, -0.25) is 9.59 Å². The molecule has 0 aliphatic carbocycles. The number of H-pyrrole nitrogens is 1. The van der Waals surface area contributed by atoms with Crippen molar-refractivity contribution < 1.29 is 9.59 Å². The molecule has 1 fully saturated rings. The molecule has 0 saturated carbocycles. The minimum atomic E-state index is -0.0651. The standard InChI is InChI=1S/C13H16N6O2S/c1-18-13(15-16-17-18)22-8-11(20)9-6-10(14-7-9)12(21)19-4-2-3-5-19/h6-7,14H,2-5,8H2,1H3. The van der Waals surface area contributed by atoms with E-state index in [4.69, 9.17) is 0 Å². The fourth-order valence-electron chi connectivity index (χ4n) is 2.33. The molecular weight excluding hydrogens is 304 g/mol. The molecule has 3 heterocycles. The first-order valence-electron chi connectivity index (χ1n) is 7.01. The van der Waals surface area contributed by atoms with Crippen LogP contribution in [0.3, 0.4) is 0 Å². The van der Waals surface area contributed by atoms with Crippen LogP contribution in [-0.2, 0) is 7.05 Å². The highest BCUT2D eigenvalue weighted by molar-refractivity contribution is 7.99. The second-order valence-electron chi connectivity index (χ2n) is 5.10.